The molecule has 1 atom stereocenters. The van der Waals surface area contributed by atoms with Crippen LogP contribution in [0.2, 0.25) is 0 Å². The Labute approximate surface area is 120 Å². The predicted octanol–water partition coefficient (Wildman–Crippen LogP) is 2.52. The minimum atomic E-state index is -0.635. The minimum absolute atomic E-state index is 0.164. The Morgan fingerprint density at radius 3 is 2.60 bits per heavy atom. The Hall–Kier alpha value is -1.55. The van der Waals surface area contributed by atoms with Crippen molar-refractivity contribution in [1.82, 2.24) is 4.90 Å². The molecule has 2 rings (SSSR count). The van der Waals surface area contributed by atoms with Gasteiger partial charge in [-0.25, -0.2) is 0 Å². The summed E-state index contributed by atoms with van der Waals surface area (Å²) < 4.78 is 5.10. The van der Waals surface area contributed by atoms with E-state index in [9.17, 15) is 9.90 Å². The van der Waals surface area contributed by atoms with Crippen LogP contribution in [-0.4, -0.2) is 36.1 Å². The third kappa shape index (κ3) is 3.97. The number of ether oxygens (including phenoxy) is 1. The Kier molecular flexibility index (Phi) is 5.41. The van der Waals surface area contributed by atoms with Crippen molar-refractivity contribution in [3.8, 4) is 5.75 Å². The van der Waals surface area contributed by atoms with Crippen molar-refractivity contribution >= 4 is 5.91 Å². The van der Waals surface area contributed by atoms with Crippen molar-refractivity contribution in [2.75, 3.05) is 20.2 Å². The van der Waals surface area contributed by atoms with Crippen molar-refractivity contribution in [2.24, 2.45) is 0 Å². The molecule has 4 heteroatoms. The van der Waals surface area contributed by atoms with Gasteiger partial charge in [0.15, 0.2) is 0 Å². The largest absolute Gasteiger partial charge is 0.497 e. The number of β-amino-alcohol motifs (C(OH)–C–C–N with tert-alkyl or cyclic N) is 1. The smallest absolute Gasteiger partial charge is 0.222 e. The highest BCUT2D eigenvalue weighted by Gasteiger charge is 2.19. The lowest BCUT2D eigenvalue weighted by Crippen LogP contribution is -2.36. The molecule has 0 radical (unpaired) electrons. The number of nitrogens with zero attached hydrogens (tertiary/aromatic N) is 1. The average molecular weight is 277 g/mol. The number of aliphatic hydroxyl groups excluding tert-OH is 1. The number of methoxy groups -OCH3 is 1. The number of benzene rings is 1. The fourth-order valence-corrected chi connectivity index (χ4v) is 2.55. The van der Waals surface area contributed by atoms with Gasteiger partial charge in [0.05, 0.1) is 19.8 Å². The van der Waals surface area contributed by atoms with E-state index in [1.54, 1.807) is 12.0 Å². The summed E-state index contributed by atoms with van der Waals surface area (Å²) >= 11 is 0. The zero-order valence-electron chi connectivity index (χ0n) is 12.0. The standard InChI is InChI=1S/C16H23NO3/c1-20-14-9-7-13(8-10-14)15(18)12-17-11-5-3-2-4-6-16(17)19/h7-10,15,18H,2-6,11-12H2,1H3. The second kappa shape index (κ2) is 7.29. The van der Waals surface area contributed by atoms with Crippen molar-refractivity contribution in [2.45, 2.75) is 38.2 Å². The van der Waals surface area contributed by atoms with Gasteiger partial charge in [-0.05, 0) is 30.5 Å². The summed E-state index contributed by atoms with van der Waals surface area (Å²) in [5.74, 6) is 0.931. The lowest BCUT2D eigenvalue weighted by atomic mass is 10.1. The summed E-state index contributed by atoms with van der Waals surface area (Å²) in [4.78, 5) is 13.8. The first kappa shape index (κ1) is 14.9. The van der Waals surface area contributed by atoms with Crippen molar-refractivity contribution in [3.63, 3.8) is 0 Å². The Morgan fingerprint density at radius 1 is 1.20 bits per heavy atom. The van der Waals surface area contributed by atoms with Crippen molar-refractivity contribution < 1.29 is 14.6 Å². The molecule has 1 amide bonds. The molecule has 1 N–H and O–H groups in total. The maximum atomic E-state index is 12.0. The van der Waals surface area contributed by atoms with Crippen LogP contribution in [0.15, 0.2) is 24.3 Å². The van der Waals surface area contributed by atoms with Gasteiger partial charge in [-0.15, -0.1) is 0 Å². The molecule has 0 spiro atoms. The molecule has 110 valence electrons. The molecule has 20 heavy (non-hydrogen) atoms. The summed E-state index contributed by atoms with van der Waals surface area (Å²) in [6.07, 6.45) is 4.28. The van der Waals surface area contributed by atoms with Crippen LogP contribution in [0.5, 0.6) is 5.75 Å². The van der Waals surface area contributed by atoms with Gasteiger partial charge in [-0.2, -0.15) is 0 Å². The molecule has 1 aliphatic heterocycles. The van der Waals surface area contributed by atoms with E-state index in [2.05, 4.69) is 0 Å². The number of hydrogen-bond acceptors (Lipinski definition) is 3. The Bertz CT molecular complexity index is 430. The first-order valence-corrected chi connectivity index (χ1v) is 7.30. The molecule has 1 heterocycles. The van der Waals surface area contributed by atoms with E-state index in [0.29, 0.717) is 13.0 Å². The zero-order valence-corrected chi connectivity index (χ0v) is 12.0. The molecule has 1 unspecified atom stereocenters. The zero-order chi connectivity index (χ0) is 14.4. The molecule has 0 bridgehead atoms. The second-order valence-corrected chi connectivity index (χ2v) is 5.29. The fraction of sp³-hybridized carbons (Fsp3) is 0.562. The van der Waals surface area contributed by atoms with Gasteiger partial charge in [0.25, 0.3) is 0 Å². The van der Waals surface area contributed by atoms with Crippen LogP contribution in [0, 0.1) is 0 Å². The monoisotopic (exact) mass is 277 g/mol. The van der Waals surface area contributed by atoms with Crippen molar-refractivity contribution in [3.05, 3.63) is 29.8 Å². The SMILES string of the molecule is COc1ccc(C(O)CN2CCCCCCC2=O)cc1. The van der Waals surface area contributed by atoms with Crippen molar-refractivity contribution in [1.29, 1.82) is 0 Å². The van der Waals surface area contributed by atoms with Gasteiger partial charge in [0, 0.05) is 13.0 Å². The van der Waals surface area contributed by atoms with E-state index in [1.807, 2.05) is 24.3 Å². The summed E-state index contributed by atoms with van der Waals surface area (Å²) in [6.45, 7) is 1.14. The molecule has 1 aromatic rings. The highest BCUT2D eigenvalue weighted by molar-refractivity contribution is 5.76. The summed E-state index contributed by atoms with van der Waals surface area (Å²) in [6, 6.07) is 7.34. The van der Waals surface area contributed by atoms with Gasteiger partial charge in [-0.1, -0.05) is 25.0 Å². The van der Waals surface area contributed by atoms with Gasteiger partial charge < -0.3 is 14.7 Å². The van der Waals surface area contributed by atoms with Gasteiger partial charge in [-0.3, -0.25) is 4.79 Å². The van der Waals surface area contributed by atoms with Crippen LogP contribution in [-0.2, 0) is 4.79 Å². The van der Waals surface area contributed by atoms with Crippen LogP contribution < -0.4 is 4.74 Å². The molecule has 4 nitrogen and oxygen atoms in total. The number of aliphatic hydroxyl groups is 1. The first-order valence-electron chi connectivity index (χ1n) is 7.30. The lowest BCUT2D eigenvalue weighted by Gasteiger charge is -2.27. The molecule has 0 saturated carbocycles. The quantitative estimate of drug-likeness (QED) is 0.920. The van der Waals surface area contributed by atoms with E-state index in [0.717, 1.165) is 37.1 Å². The maximum absolute atomic E-state index is 12.0. The molecule has 0 aliphatic carbocycles. The van der Waals surface area contributed by atoms with Crippen LogP contribution in [0.3, 0.4) is 0 Å². The number of hydrogen-bond donors (Lipinski definition) is 1. The molecule has 1 fully saturated rings. The molecule has 1 aromatic carbocycles. The summed E-state index contributed by atoms with van der Waals surface area (Å²) in [5.41, 5.74) is 0.820. The van der Waals surface area contributed by atoms with Gasteiger partial charge in [0.2, 0.25) is 5.91 Å². The third-order valence-corrected chi connectivity index (χ3v) is 3.82. The number of amides is 1. The van der Waals surface area contributed by atoms with E-state index >= 15 is 0 Å². The van der Waals surface area contributed by atoms with Crippen LogP contribution >= 0.6 is 0 Å². The average Bonchev–Trinajstić information content (AvgIpc) is 2.47. The summed E-state index contributed by atoms with van der Waals surface area (Å²) in [7, 11) is 1.62. The first-order chi connectivity index (χ1) is 9.70. The molecular weight excluding hydrogens is 254 g/mol. The number of carbonyl (C=O) groups is 1. The topological polar surface area (TPSA) is 49.8 Å². The van der Waals surface area contributed by atoms with E-state index in [4.69, 9.17) is 4.74 Å². The van der Waals surface area contributed by atoms with Crippen LogP contribution in [0.25, 0.3) is 0 Å². The Balaban J connectivity index is 1.97. The number of carbonyl (C=O) groups excluding carboxylic acids is 1. The van der Waals surface area contributed by atoms with Crippen LogP contribution in [0.1, 0.15) is 43.8 Å². The van der Waals surface area contributed by atoms with Crippen LogP contribution in [0.4, 0.5) is 0 Å². The maximum Gasteiger partial charge on any atom is 0.222 e. The Morgan fingerprint density at radius 2 is 1.90 bits per heavy atom. The number of likely N-dealkylation sites (tertiary alicyclic amines) is 1. The van der Waals surface area contributed by atoms with E-state index in [-0.39, 0.29) is 5.91 Å². The molecule has 1 aliphatic rings. The summed E-state index contributed by atoms with van der Waals surface area (Å²) in [5, 5.41) is 10.3. The van der Waals surface area contributed by atoms with Gasteiger partial charge >= 0.3 is 0 Å². The minimum Gasteiger partial charge on any atom is -0.497 e. The third-order valence-electron chi connectivity index (χ3n) is 3.82. The predicted molar refractivity (Wildman–Crippen MR) is 77.6 cm³/mol. The fourth-order valence-electron chi connectivity index (χ4n) is 2.55. The second-order valence-electron chi connectivity index (χ2n) is 5.29. The van der Waals surface area contributed by atoms with E-state index in [1.165, 1.54) is 6.42 Å². The lowest BCUT2D eigenvalue weighted by molar-refractivity contribution is -0.133. The number of rotatable bonds is 4. The highest BCUT2D eigenvalue weighted by Crippen LogP contribution is 2.20. The van der Waals surface area contributed by atoms with E-state index < -0.39 is 6.10 Å². The normalized spacial score (nSPS) is 18.3. The molecule has 0 aromatic heterocycles. The molecular formula is C16H23NO3. The highest BCUT2D eigenvalue weighted by atomic mass is 16.5. The molecule has 1 saturated heterocycles. The van der Waals surface area contributed by atoms with Gasteiger partial charge in [0.1, 0.15) is 5.75 Å².